The van der Waals surface area contributed by atoms with E-state index in [4.69, 9.17) is 4.74 Å². The summed E-state index contributed by atoms with van der Waals surface area (Å²) < 4.78 is 18.6. The van der Waals surface area contributed by atoms with Gasteiger partial charge in [-0.15, -0.1) is 0 Å². The third kappa shape index (κ3) is 3.70. The first kappa shape index (κ1) is 14.8. The Labute approximate surface area is 118 Å². The highest BCUT2D eigenvalue weighted by molar-refractivity contribution is 5.78. The van der Waals surface area contributed by atoms with Gasteiger partial charge in [-0.1, -0.05) is 12.1 Å². The molecule has 1 aromatic rings. The molecule has 1 aromatic carbocycles. The lowest BCUT2D eigenvalue weighted by Crippen LogP contribution is -2.40. The lowest BCUT2D eigenvalue weighted by atomic mass is 10.1. The first-order valence-corrected chi connectivity index (χ1v) is 6.93. The van der Waals surface area contributed by atoms with Gasteiger partial charge in [0.2, 0.25) is 0 Å². The van der Waals surface area contributed by atoms with Crippen LogP contribution in [-0.4, -0.2) is 41.2 Å². The summed E-state index contributed by atoms with van der Waals surface area (Å²) in [5.74, 6) is -0.536. The molecule has 1 aliphatic rings. The van der Waals surface area contributed by atoms with Gasteiger partial charge in [0.15, 0.2) is 18.2 Å². The molecule has 20 heavy (non-hydrogen) atoms. The number of halogens is 1. The second-order valence-electron chi connectivity index (χ2n) is 5.19. The Bertz CT molecular complexity index is 464. The van der Waals surface area contributed by atoms with E-state index in [1.54, 1.807) is 24.0 Å². The van der Waals surface area contributed by atoms with E-state index < -0.39 is 11.9 Å². The molecule has 2 atom stereocenters. The summed E-state index contributed by atoms with van der Waals surface area (Å²) in [7, 11) is 0. The molecule has 1 heterocycles. The van der Waals surface area contributed by atoms with E-state index in [-0.39, 0.29) is 24.3 Å². The third-order valence-electron chi connectivity index (χ3n) is 3.50. The predicted octanol–water partition coefficient (Wildman–Crippen LogP) is 1.97. The summed E-state index contributed by atoms with van der Waals surface area (Å²) in [6, 6.07) is 6.09. The highest BCUT2D eigenvalue weighted by Crippen LogP contribution is 2.22. The molecular formula is C15H20FNO3. The van der Waals surface area contributed by atoms with Crippen molar-refractivity contribution >= 4 is 5.91 Å². The van der Waals surface area contributed by atoms with E-state index >= 15 is 0 Å². The molecule has 110 valence electrons. The zero-order valence-electron chi connectivity index (χ0n) is 11.6. The summed E-state index contributed by atoms with van der Waals surface area (Å²) in [4.78, 5) is 13.8. The molecule has 1 amide bonds. The van der Waals surface area contributed by atoms with Crippen molar-refractivity contribution in [3.05, 3.63) is 30.1 Å². The van der Waals surface area contributed by atoms with Crippen LogP contribution in [0.2, 0.25) is 0 Å². The van der Waals surface area contributed by atoms with E-state index in [0.717, 1.165) is 12.8 Å². The molecule has 4 nitrogen and oxygen atoms in total. The number of carbonyl (C=O) groups excluding carboxylic acids is 1. The van der Waals surface area contributed by atoms with E-state index in [1.807, 2.05) is 0 Å². The second kappa shape index (κ2) is 6.70. The fraction of sp³-hybridized carbons (Fsp3) is 0.533. The largest absolute Gasteiger partial charge is 0.481 e. The molecular weight excluding hydrogens is 261 g/mol. The number of aliphatic hydroxyl groups excluding tert-OH is 1. The smallest absolute Gasteiger partial charge is 0.260 e. The molecule has 0 aromatic heterocycles. The lowest BCUT2D eigenvalue weighted by Gasteiger charge is -2.25. The maximum absolute atomic E-state index is 13.4. The maximum Gasteiger partial charge on any atom is 0.260 e. The second-order valence-corrected chi connectivity index (χ2v) is 5.19. The molecule has 0 spiro atoms. The lowest BCUT2D eigenvalue weighted by molar-refractivity contribution is -0.134. The minimum Gasteiger partial charge on any atom is -0.481 e. The Morgan fingerprint density at radius 1 is 1.55 bits per heavy atom. The number of carbonyl (C=O) groups is 1. The minimum absolute atomic E-state index is 0.0618. The summed E-state index contributed by atoms with van der Waals surface area (Å²) >= 11 is 0. The number of para-hydroxylation sites is 1. The first-order valence-electron chi connectivity index (χ1n) is 6.93. The molecule has 0 saturated carbocycles. The fourth-order valence-corrected chi connectivity index (χ4v) is 2.59. The maximum atomic E-state index is 13.4. The van der Waals surface area contributed by atoms with Crippen molar-refractivity contribution in [3.8, 4) is 5.75 Å². The number of hydrogen-bond donors (Lipinski definition) is 1. The monoisotopic (exact) mass is 281 g/mol. The highest BCUT2D eigenvalue weighted by Gasteiger charge is 2.29. The van der Waals surface area contributed by atoms with Gasteiger partial charge in [-0.25, -0.2) is 4.39 Å². The van der Waals surface area contributed by atoms with E-state index in [0.29, 0.717) is 13.0 Å². The van der Waals surface area contributed by atoms with Gasteiger partial charge >= 0.3 is 0 Å². The number of benzene rings is 1. The molecule has 1 aliphatic heterocycles. The van der Waals surface area contributed by atoms with Gasteiger partial charge < -0.3 is 14.7 Å². The molecule has 1 fully saturated rings. The van der Waals surface area contributed by atoms with Crippen LogP contribution in [0.5, 0.6) is 5.75 Å². The zero-order valence-corrected chi connectivity index (χ0v) is 11.6. The van der Waals surface area contributed by atoms with Crippen LogP contribution in [0, 0.1) is 5.82 Å². The van der Waals surface area contributed by atoms with Crippen molar-refractivity contribution < 1.29 is 19.0 Å². The normalized spacial score (nSPS) is 19.9. The van der Waals surface area contributed by atoms with Crippen LogP contribution in [-0.2, 0) is 4.79 Å². The average molecular weight is 281 g/mol. The Morgan fingerprint density at radius 2 is 2.30 bits per heavy atom. The topological polar surface area (TPSA) is 49.8 Å². The van der Waals surface area contributed by atoms with Crippen molar-refractivity contribution in [1.82, 2.24) is 4.90 Å². The summed E-state index contributed by atoms with van der Waals surface area (Å²) in [6.45, 7) is 2.23. The van der Waals surface area contributed by atoms with E-state index in [1.165, 1.54) is 12.1 Å². The molecule has 1 saturated heterocycles. The Morgan fingerprint density at radius 3 is 3.00 bits per heavy atom. The first-order chi connectivity index (χ1) is 9.58. The SMILES string of the molecule is CC(O)CC1CCCN1C(=O)COc1ccccc1F. The van der Waals surface area contributed by atoms with Crippen LogP contribution >= 0.6 is 0 Å². The van der Waals surface area contributed by atoms with Gasteiger partial charge in [-0.3, -0.25) is 4.79 Å². The van der Waals surface area contributed by atoms with Crippen molar-refractivity contribution in [3.63, 3.8) is 0 Å². The van der Waals surface area contributed by atoms with Crippen LogP contribution < -0.4 is 4.74 Å². The van der Waals surface area contributed by atoms with Gasteiger partial charge in [0, 0.05) is 12.6 Å². The van der Waals surface area contributed by atoms with Crippen LogP contribution in [0.25, 0.3) is 0 Å². The van der Waals surface area contributed by atoms with Gasteiger partial charge in [-0.2, -0.15) is 0 Å². The third-order valence-corrected chi connectivity index (χ3v) is 3.50. The standard InChI is InChI=1S/C15H20FNO3/c1-11(18)9-12-5-4-8-17(12)15(19)10-20-14-7-3-2-6-13(14)16/h2-3,6-7,11-12,18H,4-5,8-10H2,1H3. The van der Waals surface area contributed by atoms with Gasteiger partial charge in [0.1, 0.15) is 0 Å². The number of likely N-dealkylation sites (tertiary alicyclic amines) is 1. The predicted molar refractivity (Wildman–Crippen MR) is 72.9 cm³/mol. The van der Waals surface area contributed by atoms with E-state index in [9.17, 15) is 14.3 Å². The van der Waals surface area contributed by atoms with E-state index in [2.05, 4.69) is 0 Å². The molecule has 2 rings (SSSR count). The zero-order chi connectivity index (χ0) is 14.5. The summed E-state index contributed by atoms with van der Waals surface area (Å²) in [6.07, 6.45) is 1.98. The number of ether oxygens (including phenoxy) is 1. The quantitative estimate of drug-likeness (QED) is 0.897. The van der Waals surface area contributed by atoms with Crippen molar-refractivity contribution in [2.75, 3.05) is 13.2 Å². The van der Waals surface area contributed by atoms with Crippen molar-refractivity contribution in [1.29, 1.82) is 0 Å². The minimum atomic E-state index is -0.470. The van der Waals surface area contributed by atoms with Crippen molar-refractivity contribution in [2.45, 2.75) is 38.3 Å². The van der Waals surface area contributed by atoms with Crippen LogP contribution in [0.15, 0.2) is 24.3 Å². The summed E-state index contributed by atoms with van der Waals surface area (Å²) in [5.41, 5.74) is 0. The number of hydrogen-bond acceptors (Lipinski definition) is 3. The molecule has 1 N–H and O–H groups in total. The van der Waals surface area contributed by atoms with Crippen LogP contribution in [0.1, 0.15) is 26.2 Å². The molecule has 0 bridgehead atoms. The Kier molecular flexibility index (Phi) is 4.95. The molecule has 2 unspecified atom stereocenters. The molecule has 0 radical (unpaired) electrons. The van der Waals surface area contributed by atoms with Crippen LogP contribution in [0.4, 0.5) is 4.39 Å². The summed E-state index contributed by atoms with van der Waals surface area (Å²) in [5, 5.41) is 9.44. The Hall–Kier alpha value is -1.62. The highest BCUT2D eigenvalue weighted by atomic mass is 19.1. The molecule has 0 aliphatic carbocycles. The van der Waals surface area contributed by atoms with Crippen LogP contribution in [0.3, 0.4) is 0 Å². The van der Waals surface area contributed by atoms with Gasteiger partial charge in [-0.05, 0) is 38.3 Å². The number of aliphatic hydroxyl groups is 1. The molecule has 5 heteroatoms. The Balaban J connectivity index is 1.90. The van der Waals surface area contributed by atoms with Gasteiger partial charge in [0.05, 0.1) is 6.10 Å². The number of nitrogens with zero attached hydrogens (tertiary/aromatic N) is 1. The number of rotatable bonds is 5. The number of amides is 1. The fourth-order valence-electron chi connectivity index (χ4n) is 2.59. The average Bonchev–Trinajstić information content (AvgIpc) is 2.85. The van der Waals surface area contributed by atoms with Crippen molar-refractivity contribution in [2.24, 2.45) is 0 Å². The van der Waals surface area contributed by atoms with Gasteiger partial charge in [0.25, 0.3) is 5.91 Å².